The number of nitrogens with two attached hydrogens (primary N) is 1. The van der Waals surface area contributed by atoms with Crippen LogP contribution in [0.4, 0.5) is 17.1 Å². The molecule has 0 heterocycles. The fraction of sp³-hybridized carbons (Fsp3) is 0.0769. The zero-order valence-corrected chi connectivity index (χ0v) is 13.0. The Morgan fingerprint density at radius 3 is 2.59 bits per heavy atom. The van der Waals surface area contributed by atoms with Crippen molar-refractivity contribution in [2.75, 3.05) is 10.5 Å². The summed E-state index contributed by atoms with van der Waals surface area (Å²) >= 11 is 5.91. The molecular weight excluding hydrogens is 330 g/mol. The molecule has 0 aliphatic rings. The van der Waals surface area contributed by atoms with Gasteiger partial charge < -0.3 is 5.73 Å². The summed E-state index contributed by atoms with van der Waals surface area (Å²) in [6.07, 6.45) is 0. The van der Waals surface area contributed by atoms with E-state index in [-0.39, 0.29) is 22.0 Å². The van der Waals surface area contributed by atoms with Crippen molar-refractivity contribution in [1.82, 2.24) is 0 Å². The van der Waals surface area contributed by atoms with E-state index >= 15 is 0 Å². The van der Waals surface area contributed by atoms with Gasteiger partial charge in [0.1, 0.15) is 5.69 Å². The van der Waals surface area contributed by atoms with E-state index in [4.69, 9.17) is 17.3 Å². The Morgan fingerprint density at radius 1 is 1.27 bits per heavy atom. The minimum atomic E-state index is -3.92. The molecule has 9 heteroatoms. The number of nitrogens with zero attached hydrogens (tertiary/aromatic N) is 1. The number of nitro benzene ring substituents is 1. The highest BCUT2D eigenvalue weighted by molar-refractivity contribution is 7.92. The minimum Gasteiger partial charge on any atom is -0.393 e. The second kappa shape index (κ2) is 5.82. The molecule has 0 saturated carbocycles. The maximum absolute atomic E-state index is 12.4. The van der Waals surface area contributed by atoms with E-state index in [0.29, 0.717) is 10.6 Å². The van der Waals surface area contributed by atoms with Crippen LogP contribution in [-0.2, 0) is 10.0 Å². The molecule has 0 saturated heterocycles. The van der Waals surface area contributed by atoms with Gasteiger partial charge in [-0.2, -0.15) is 0 Å². The van der Waals surface area contributed by atoms with Crippen molar-refractivity contribution in [3.8, 4) is 0 Å². The molecule has 2 rings (SSSR count). The van der Waals surface area contributed by atoms with E-state index in [0.717, 1.165) is 6.07 Å². The van der Waals surface area contributed by atoms with E-state index in [1.54, 1.807) is 13.0 Å². The van der Waals surface area contributed by atoms with E-state index in [9.17, 15) is 18.5 Å². The van der Waals surface area contributed by atoms with Gasteiger partial charge in [0.05, 0.1) is 15.5 Å². The van der Waals surface area contributed by atoms with Crippen LogP contribution in [0.1, 0.15) is 5.56 Å². The summed E-state index contributed by atoms with van der Waals surface area (Å²) in [6, 6.07) is 8.15. The molecule has 0 unspecified atom stereocenters. The van der Waals surface area contributed by atoms with Crippen LogP contribution in [0.15, 0.2) is 41.3 Å². The van der Waals surface area contributed by atoms with Crippen molar-refractivity contribution in [1.29, 1.82) is 0 Å². The number of nitrogens with one attached hydrogen (secondary N) is 1. The Bertz CT molecular complexity index is 852. The Balaban J connectivity index is 2.43. The fourth-order valence-corrected chi connectivity index (χ4v) is 3.40. The molecule has 0 radical (unpaired) electrons. The lowest BCUT2D eigenvalue weighted by molar-refractivity contribution is -0.383. The lowest BCUT2D eigenvalue weighted by Gasteiger charge is -2.11. The van der Waals surface area contributed by atoms with Crippen molar-refractivity contribution in [2.45, 2.75) is 11.8 Å². The number of hydrogen-bond acceptors (Lipinski definition) is 5. The summed E-state index contributed by atoms with van der Waals surface area (Å²) in [5.74, 6) is 0. The van der Waals surface area contributed by atoms with Crippen LogP contribution in [0.25, 0.3) is 0 Å². The average molecular weight is 342 g/mol. The number of halogens is 1. The molecule has 116 valence electrons. The van der Waals surface area contributed by atoms with Gasteiger partial charge in [-0.15, -0.1) is 0 Å². The highest BCUT2D eigenvalue weighted by Gasteiger charge is 2.20. The number of benzene rings is 2. The zero-order valence-electron chi connectivity index (χ0n) is 11.4. The molecule has 0 spiro atoms. The minimum absolute atomic E-state index is 0.000483. The van der Waals surface area contributed by atoms with Crippen molar-refractivity contribution < 1.29 is 13.3 Å². The lowest BCUT2D eigenvalue weighted by Crippen LogP contribution is -2.14. The summed E-state index contributed by atoms with van der Waals surface area (Å²) < 4.78 is 27.0. The van der Waals surface area contributed by atoms with Crippen molar-refractivity contribution in [3.05, 3.63) is 57.1 Å². The number of hydrogen-bond donors (Lipinski definition) is 2. The first-order valence-electron chi connectivity index (χ1n) is 6.04. The predicted molar refractivity (Wildman–Crippen MR) is 84.5 cm³/mol. The Labute approximate surface area is 131 Å². The molecule has 0 aliphatic carbocycles. The van der Waals surface area contributed by atoms with Gasteiger partial charge in [0.25, 0.3) is 15.7 Å². The van der Waals surface area contributed by atoms with Gasteiger partial charge in [0, 0.05) is 11.1 Å². The second-order valence-corrected chi connectivity index (χ2v) is 6.56. The van der Waals surface area contributed by atoms with Crippen molar-refractivity contribution in [3.63, 3.8) is 0 Å². The molecule has 2 aromatic rings. The monoisotopic (exact) mass is 341 g/mol. The van der Waals surface area contributed by atoms with Gasteiger partial charge in [-0.25, -0.2) is 8.42 Å². The van der Waals surface area contributed by atoms with Crippen LogP contribution < -0.4 is 10.5 Å². The quantitative estimate of drug-likeness (QED) is 0.504. The third kappa shape index (κ3) is 3.12. The number of nitrogen functional groups attached to an aromatic ring is 1. The largest absolute Gasteiger partial charge is 0.393 e. The average Bonchev–Trinajstić information content (AvgIpc) is 2.43. The van der Waals surface area contributed by atoms with E-state index in [1.165, 1.54) is 24.3 Å². The molecule has 3 N–H and O–H groups in total. The van der Waals surface area contributed by atoms with Gasteiger partial charge in [-0.05, 0) is 36.8 Å². The first kappa shape index (κ1) is 16.1. The Kier molecular flexibility index (Phi) is 4.25. The van der Waals surface area contributed by atoms with Crippen LogP contribution in [0, 0.1) is 17.0 Å². The van der Waals surface area contributed by atoms with Crippen molar-refractivity contribution in [2.24, 2.45) is 0 Å². The van der Waals surface area contributed by atoms with Crippen LogP contribution in [0.3, 0.4) is 0 Å². The molecule has 22 heavy (non-hydrogen) atoms. The number of anilines is 2. The lowest BCUT2D eigenvalue weighted by atomic mass is 10.2. The first-order valence-corrected chi connectivity index (χ1v) is 7.90. The number of sulfonamides is 1. The number of nitro groups is 1. The molecular formula is C13H12ClN3O4S. The first-order chi connectivity index (χ1) is 10.2. The summed E-state index contributed by atoms with van der Waals surface area (Å²) in [6.45, 7) is 1.57. The third-order valence-electron chi connectivity index (χ3n) is 2.99. The van der Waals surface area contributed by atoms with E-state index < -0.39 is 14.9 Å². The van der Waals surface area contributed by atoms with Gasteiger partial charge in [-0.1, -0.05) is 17.7 Å². The van der Waals surface area contributed by atoms with Crippen LogP contribution in [-0.4, -0.2) is 13.3 Å². The van der Waals surface area contributed by atoms with Gasteiger partial charge in [0.2, 0.25) is 0 Å². The Morgan fingerprint density at radius 2 is 1.95 bits per heavy atom. The van der Waals surface area contributed by atoms with Gasteiger partial charge in [0.15, 0.2) is 0 Å². The SMILES string of the molecule is Cc1c(Cl)cccc1S(=O)(=O)Nc1ccc(N)c([N+](=O)[O-])c1. The molecule has 7 nitrogen and oxygen atoms in total. The topological polar surface area (TPSA) is 115 Å². The molecule has 0 bridgehead atoms. The third-order valence-corrected chi connectivity index (χ3v) is 4.92. The van der Waals surface area contributed by atoms with Crippen LogP contribution in [0.2, 0.25) is 5.02 Å². The maximum Gasteiger partial charge on any atom is 0.294 e. The summed E-state index contributed by atoms with van der Waals surface area (Å²) in [4.78, 5) is 10.2. The summed E-state index contributed by atoms with van der Waals surface area (Å²) in [5.41, 5.74) is 5.48. The maximum atomic E-state index is 12.4. The molecule has 0 fully saturated rings. The van der Waals surface area contributed by atoms with E-state index in [2.05, 4.69) is 4.72 Å². The molecule has 0 atom stereocenters. The van der Waals surface area contributed by atoms with Gasteiger partial charge in [-0.3, -0.25) is 14.8 Å². The number of rotatable bonds is 4. The highest BCUT2D eigenvalue weighted by atomic mass is 35.5. The van der Waals surface area contributed by atoms with E-state index in [1.807, 2.05) is 0 Å². The second-order valence-electron chi connectivity index (χ2n) is 4.50. The van der Waals surface area contributed by atoms with Crippen LogP contribution in [0.5, 0.6) is 0 Å². The normalized spacial score (nSPS) is 11.2. The molecule has 0 aliphatic heterocycles. The predicted octanol–water partition coefficient (Wildman–Crippen LogP) is 2.94. The molecule has 2 aromatic carbocycles. The smallest absolute Gasteiger partial charge is 0.294 e. The fourth-order valence-electron chi connectivity index (χ4n) is 1.85. The summed E-state index contributed by atoms with van der Waals surface area (Å²) in [7, 11) is -3.92. The standard InChI is InChI=1S/C13H12ClN3O4S/c1-8-10(14)3-2-4-13(8)22(20,21)16-9-5-6-11(15)12(7-9)17(18)19/h2-7,16H,15H2,1H3. The summed E-state index contributed by atoms with van der Waals surface area (Å²) in [5, 5.41) is 11.2. The molecule has 0 aromatic heterocycles. The van der Waals surface area contributed by atoms with Gasteiger partial charge >= 0.3 is 0 Å². The Hall–Kier alpha value is -2.32. The van der Waals surface area contributed by atoms with Crippen LogP contribution >= 0.6 is 11.6 Å². The molecule has 0 amide bonds. The zero-order chi connectivity index (χ0) is 16.5. The van der Waals surface area contributed by atoms with Crippen molar-refractivity contribution >= 4 is 38.7 Å². The highest BCUT2D eigenvalue weighted by Crippen LogP contribution is 2.28.